The van der Waals surface area contributed by atoms with Crippen LogP contribution in [0.2, 0.25) is 5.02 Å². The summed E-state index contributed by atoms with van der Waals surface area (Å²) in [6, 6.07) is 11.7. The molecule has 1 heterocycles. The molecule has 172 valence electrons. The molecule has 6 nitrogen and oxygen atoms in total. The normalized spacial score (nSPS) is 15.7. The third-order valence-electron chi connectivity index (χ3n) is 5.14. The third-order valence-corrected chi connectivity index (χ3v) is 5.68. The van der Waals surface area contributed by atoms with Crippen LogP contribution in [-0.2, 0) is 9.59 Å². The highest BCUT2D eigenvalue weighted by atomic mass is 35.5. The molecule has 0 aromatic heterocycles. The number of phenolic OH excluding ortho intramolecular Hbond substituents is 1. The Morgan fingerprint density at radius 1 is 1.18 bits per heavy atom. The van der Waals surface area contributed by atoms with E-state index in [4.69, 9.17) is 28.6 Å². The predicted octanol–water partition coefficient (Wildman–Crippen LogP) is 5.39. The first kappa shape index (κ1) is 24.5. The number of nitrogens with zero attached hydrogens (tertiary/aromatic N) is 1. The molecule has 0 atom stereocenters. The number of hydrogen-bond donors (Lipinski definition) is 2. The Hall–Kier alpha value is -3.16. The molecule has 0 radical (unpaired) electrons. The molecule has 1 fully saturated rings. The van der Waals surface area contributed by atoms with Gasteiger partial charge < -0.3 is 9.84 Å². The van der Waals surface area contributed by atoms with Crippen molar-refractivity contribution < 1.29 is 19.4 Å². The summed E-state index contributed by atoms with van der Waals surface area (Å²) in [5, 5.41) is 13.3. The first-order chi connectivity index (χ1) is 15.8. The van der Waals surface area contributed by atoms with Gasteiger partial charge in [-0.15, -0.1) is 0 Å². The number of nitrogens with one attached hydrogen (secondary N) is 1. The number of benzene rings is 2. The van der Waals surface area contributed by atoms with E-state index >= 15 is 0 Å². The smallest absolute Gasteiger partial charge is 0.270 e. The number of allylic oxidation sites excluding steroid dienone is 2. The number of hydrogen-bond acceptors (Lipinski definition) is 5. The van der Waals surface area contributed by atoms with E-state index < -0.39 is 11.8 Å². The number of aromatic hydroxyl groups is 1. The van der Waals surface area contributed by atoms with Gasteiger partial charge in [-0.2, -0.15) is 0 Å². The molecule has 8 heteroatoms. The van der Waals surface area contributed by atoms with Crippen LogP contribution in [0.5, 0.6) is 11.5 Å². The molecule has 1 saturated heterocycles. The molecular weight excluding hydrogens is 460 g/mol. The van der Waals surface area contributed by atoms with Crippen LogP contribution in [0.25, 0.3) is 6.08 Å². The molecule has 33 heavy (non-hydrogen) atoms. The summed E-state index contributed by atoms with van der Waals surface area (Å²) >= 11 is 11.2. The number of halogens is 1. The Labute approximate surface area is 203 Å². The van der Waals surface area contributed by atoms with Crippen molar-refractivity contribution in [3.05, 3.63) is 70.3 Å². The molecular formula is C25H25ClN2O4S. The molecule has 0 unspecified atom stereocenters. The predicted molar refractivity (Wildman–Crippen MR) is 135 cm³/mol. The zero-order valence-corrected chi connectivity index (χ0v) is 20.0. The van der Waals surface area contributed by atoms with Crippen molar-refractivity contribution in [2.45, 2.75) is 32.6 Å². The number of amides is 2. The van der Waals surface area contributed by atoms with Crippen LogP contribution in [-0.4, -0.2) is 29.1 Å². The molecule has 2 amide bonds. The zero-order valence-electron chi connectivity index (χ0n) is 18.4. The van der Waals surface area contributed by atoms with E-state index in [-0.39, 0.29) is 16.4 Å². The lowest BCUT2D eigenvalue weighted by Gasteiger charge is -2.29. The van der Waals surface area contributed by atoms with Crippen LogP contribution in [0.3, 0.4) is 0 Å². The molecule has 3 rings (SSSR count). The van der Waals surface area contributed by atoms with Crippen LogP contribution in [0.4, 0.5) is 5.69 Å². The van der Waals surface area contributed by atoms with Gasteiger partial charge in [-0.25, -0.2) is 0 Å². The molecule has 2 N–H and O–H groups in total. The summed E-state index contributed by atoms with van der Waals surface area (Å²) in [4.78, 5) is 27.2. The van der Waals surface area contributed by atoms with Crippen molar-refractivity contribution >= 4 is 52.5 Å². The second kappa shape index (κ2) is 11.1. The lowest BCUT2D eigenvalue weighted by Crippen LogP contribution is -2.54. The highest BCUT2D eigenvalue weighted by Crippen LogP contribution is 2.29. The van der Waals surface area contributed by atoms with Crippen molar-refractivity contribution in [1.29, 1.82) is 0 Å². The Morgan fingerprint density at radius 3 is 2.55 bits per heavy atom. The van der Waals surface area contributed by atoms with E-state index in [1.54, 1.807) is 48.5 Å². The lowest BCUT2D eigenvalue weighted by molar-refractivity contribution is -0.122. The van der Waals surface area contributed by atoms with Crippen molar-refractivity contribution in [2.75, 3.05) is 12.0 Å². The minimum Gasteiger partial charge on any atom is -0.504 e. The maximum atomic E-state index is 13.3. The van der Waals surface area contributed by atoms with Gasteiger partial charge in [-0.3, -0.25) is 19.8 Å². The monoisotopic (exact) mass is 484 g/mol. The number of anilines is 1. The van der Waals surface area contributed by atoms with Crippen LogP contribution < -0.4 is 15.0 Å². The fourth-order valence-corrected chi connectivity index (χ4v) is 3.85. The first-order valence-electron chi connectivity index (χ1n) is 10.6. The molecule has 2 aromatic rings. The van der Waals surface area contributed by atoms with E-state index in [9.17, 15) is 14.7 Å². The van der Waals surface area contributed by atoms with Crippen molar-refractivity contribution in [2.24, 2.45) is 0 Å². The largest absolute Gasteiger partial charge is 0.504 e. The van der Waals surface area contributed by atoms with Crippen LogP contribution in [0.1, 0.15) is 38.2 Å². The Kier molecular flexibility index (Phi) is 8.25. The number of unbranched alkanes of at least 4 members (excludes halogenated alkanes) is 2. The van der Waals surface area contributed by atoms with Crippen LogP contribution in [0.15, 0.2) is 59.7 Å². The topological polar surface area (TPSA) is 78.9 Å². The Balaban J connectivity index is 1.99. The molecule has 0 saturated carbocycles. The molecule has 0 bridgehead atoms. The van der Waals surface area contributed by atoms with Gasteiger partial charge in [0.2, 0.25) is 0 Å². The Morgan fingerprint density at radius 2 is 1.91 bits per heavy atom. The summed E-state index contributed by atoms with van der Waals surface area (Å²) in [6.45, 7) is 2.10. The van der Waals surface area contributed by atoms with Gasteiger partial charge in [-0.05, 0) is 78.7 Å². The van der Waals surface area contributed by atoms with E-state index in [0.717, 1.165) is 30.4 Å². The Bertz CT molecular complexity index is 1130. The second-order valence-electron chi connectivity index (χ2n) is 7.54. The quantitative estimate of drug-likeness (QED) is 0.227. The number of phenols is 1. The number of methoxy groups -OCH3 is 1. The van der Waals surface area contributed by atoms with Gasteiger partial charge >= 0.3 is 0 Å². The van der Waals surface area contributed by atoms with Gasteiger partial charge in [0.1, 0.15) is 5.57 Å². The maximum absolute atomic E-state index is 13.3. The van der Waals surface area contributed by atoms with E-state index in [0.29, 0.717) is 22.9 Å². The second-order valence-corrected chi connectivity index (χ2v) is 8.37. The highest BCUT2D eigenvalue weighted by Gasteiger charge is 2.34. The number of rotatable bonds is 8. The SMILES string of the molecule is CCCCCC(/C=C1/C(=O)NC(=S)N(c2ccc(Cl)cc2)C1=O)=C\c1ccc(OC)c(O)c1. The minimum absolute atomic E-state index is 0.0116. The van der Waals surface area contributed by atoms with Crippen LogP contribution in [0, 0.1) is 0 Å². The summed E-state index contributed by atoms with van der Waals surface area (Å²) in [5.41, 5.74) is 2.01. The minimum atomic E-state index is -0.547. The molecule has 1 aliphatic heterocycles. The average Bonchev–Trinajstić information content (AvgIpc) is 2.78. The fraction of sp³-hybridized carbons (Fsp3) is 0.240. The van der Waals surface area contributed by atoms with Crippen molar-refractivity contribution in [1.82, 2.24) is 5.32 Å². The first-order valence-corrected chi connectivity index (χ1v) is 11.4. The van der Waals surface area contributed by atoms with E-state index in [2.05, 4.69) is 12.2 Å². The average molecular weight is 485 g/mol. The molecule has 1 aliphatic rings. The standard InChI is InChI=1S/C25H25ClN2O4S/c1-3-4-5-6-16(13-17-7-12-22(32-2)21(29)15-17)14-20-23(30)27-25(33)28(24(20)31)19-10-8-18(26)9-11-19/h7-15,29H,3-6H2,1-2H3,(H,27,30,33)/b16-13+,20-14-. The van der Waals surface area contributed by atoms with Crippen molar-refractivity contribution in [3.63, 3.8) is 0 Å². The van der Waals surface area contributed by atoms with E-state index in [1.165, 1.54) is 12.0 Å². The van der Waals surface area contributed by atoms with Crippen LogP contribution >= 0.6 is 23.8 Å². The molecule has 0 aliphatic carbocycles. The summed E-state index contributed by atoms with van der Waals surface area (Å²) in [5.74, 6) is -0.677. The molecule has 2 aromatic carbocycles. The number of ether oxygens (including phenoxy) is 1. The fourth-order valence-electron chi connectivity index (χ4n) is 3.44. The number of carbonyl (C=O) groups is 2. The van der Waals surface area contributed by atoms with Crippen molar-refractivity contribution in [3.8, 4) is 11.5 Å². The summed E-state index contributed by atoms with van der Waals surface area (Å²) < 4.78 is 5.10. The van der Waals surface area contributed by atoms with Gasteiger partial charge in [0.05, 0.1) is 12.8 Å². The van der Waals surface area contributed by atoms with Gasteiger partial charge in [0.25, 0.3) is 11.8 Å². The highest BCUT2D eigenvalue weighted by molar-refractivity contribution is 7.80. The number of thiocarbonyl (C=S) groups is 1. The van der Waals surface area contributed by atoms with Gasteiger partial charge in [-0.1, -0.05) is 43.5 Å². The number of carbonyl (C=O) groups excluding carboxylic acids is 2. The third kappa shape index (κ3) is 6.00. The van der Waals surface area contributed by atoms with Gasteiger partial charge in [0, 0.05) is 5.02 Å². The summed E-state index contributed by atoms with van der Waals surface area (Å²) in [7, 11) is 1.48. The maximum Gasteiger partial charge on any atom is 0.270 e. The zero-order chi connectivity index (χ0) is 24.0. The summed E-state index contributed by atoms with van der Waals surface area (Å²) in [6.07, 6.45) is 7.04. The van der Waals surface area contributed by atoms with Gasteiger partial charge in [0.15, 0.2) is 16.6 Å². The lowest BCUT2D eigenvalue weighted by atomic mass is 10.00. The van der Waals surface area contributed by atoms with E-state index in [1.807, 2.05) is 6.08 Å². The molecule has 0 spiro atoms.